The lowest BCUT2D eigenvalue weighted by Gasteiger charge is -2.29. The topological polar surface area (TPSA) is 27.7 Å². The molecule has 0 spiro atoms. The van der Waals surface area contributed by atoms with Crippen LogP contribution < -0.4 is 4.74 Å². The maximum atomic E-state index is 5.77. The summed E-state index contributed by atoms with van der Waals surface area (Å²) in [6.45, 7) is 6.46. The molecule has 0 N–H and O–H groups in total. The summed E-state index contributed by atoms with van der Waals surface area (Å²) in [7, 11) is 0. The van der Waals surface area contributed by atoms with E-state index in [9.17, 15) is 0 Å². The van der Waals surface area contributed by atoms with Crippen LogP contribution in [-0.2, 0) is 9.47 Å². The first kappa shape index (κ1) is 13.4. The van der Waals surface area contributed by atoms with Gasteiger partial charge in [0.15, 0.2) is 6.29 Å². The molecule has 2 rings (SSSR count). The molecule has 100 valence electrons. The van der Waals surface area contributed by atoms with Crippen LogP contribution in [0.15, 0.2) is 24.3 Å². The Hall–Kier alpha value is -1.06. The van der Waals surface area contributed by atoms with Crippen molar-refractivity contribution in [3.05, 3.63) is 29.8 Å². The Labute approximate surface area is 109 Å². The van der Waals surface area contributed by atoms with E-state index in [1.54, 1.807) is 0 Å². The van der Waals surface area contributed by atoms with E-state index in [1.165, 1.54) is 12.8 Å². The lowest BCUT2D eigenvalue weighted by Crippen LogP contribution is -2.26. The highest BCUT2D eigenvalue weighted by atomic mass is 16.7. The quantitative estimate of drug-likeness (QED) is 0.800. The van der Waals surface area contributed by atoms with Crippen LogP contribution in [0.25, 0.3) is 0 Å². The molecule has 0 aromatic heterocycles. The van der Waals surface area contributed by atoms with Crippen LogP contribution in [0.3, 0.4) is 0 Å². The molecule has 3 nitrogen and oxygen atoms in total. The summed E-state index contributed by atoms with van der Waals surface area (Å²) in [5.74, 6) is 1.44. The van der Waals surface area contributed by atoms with Gasteiger partial charge in [-0.25, -0.2) is 0 Å². The Morgan fingerprint density at radius 3 is 2.33 bits per heavy atom. The summed E-state index contributed by atoms with van der Waals surface area (Å²) < 4.78 is 16.9. The van der Waals surface area contributed by atoms with Crippen LogP contribution in [0.4, 0.5) is 0 Å². The smallest absolute Gasteiger partial charge is 0.183 e. The molecule has 1 fully saturated rings. The fraction of sp³-hybridized carbons (Fsp3) is 0.600. The van der Waals surface area contributed by atoms with Gasteiger partial charge in [-0.05, 0) is 25.5 Å². The van der Waals surface area contributed by atoms with Gasteiger partial charge in [-0.1, -0.05) is 25.5 Å². The van der Waals surface area contributed by atoms with E-state index in [-0.39, 0.29) is 6.29 Å². The first-order valence-corrected chi connectivity index (χ1v) is 6.79. The van der Waals surface area contributed by atoms with E-state index >= 15 is 0 Å². The summed E-state index contributed by atoms with van der Waals surface area (Å²) in [6.07, 6.45) is 2.15. The Bertz CT molecular complexity index is 339. The fourth-order valence-electron chi connectivity index (χ4n) is 2.20. The van der Waals surface area contributed by atoms with E-state index in [1.807, 2.05) is 31.2 Å². The van der Waals surface area contributed by atoms with Crippen LogP contribution in [0, 0.1) is 5.92 Å². The fourth-order valence-corrected chi connectivity index (χ4v) is 2.20. The molecule has 18 heavy (non-hydrogen) atoms. The van der Waals surface area contributed by atoms with Crippen LogP contribution in [0.5, 0.6) is 5.75 Å². The van der Waals surface area contributed by atoms with Crippen molar-refractivity contribution in [2.24, 2.45) is 5.92 Å². The summed E-state index contributed by atoms with van der Waals surface area (Å²) in [5.41, 5.74) is 1.06. The van der Waals surface area contributed by atoms with E-state index in [4.69, 9.17) is 14.2 Å². The summed E-state index contributed by atoms with van der Waals surface area (Å²) >= 11 is 0. The standard InChI is InChI=1S/C15H22O3/c1-3-5-12-10-17-15(18-11-12)13-6-8-14(9-7-13)16-4-2/h6-9,12,15H,3-5,10-11H2,1-2H3. The van der Waals surface area contributed by atoms with Crippen molar-refractivity contribution in [2.45, 2.75) is 33.0 Å². The van der Waals surface area contributed by atoms with Gasteiger partial charge in [0, 0.05) is 11.5 Å². The summed E-state index contributed by atoms with van der Waals surface area (Å²) in [5, 5.41) is 0. The first-order chi connectivity index (χ1) is 8.83. The Kier molecular flexibility index (Phi) is 5.02. The molecular formula is C15H22O3. The second-order valence-electron chi connectivity index (χ2n) is 4.66. The second kappa shape index (κ2) is 6.76. The van der Waals surface area contributed by atoms with Gasteiger partial charge in [-0.3, -0.25) is 0 Å². The number of ether oxygens (including phenoxy) is 3. The normalized spacial score (nSPS) is 23.9. The van der Waals surface area contributed by atoms with Crippen LogP contribution in [-0.4, -0.2) is 19.8 Å². The largest absolute Gasteiger partial charge is 0.494 e. The second-order valence-corrected chi connectivity index (χ2v) is 4.66. The molecule has 0 aliphatic carbocycles. The molecule has 1 heterocycles. The Morgan fingerprint density at radius 2 is 1.78 bits per heavy atom. The molecule has 0 saturated carbocycles. The monoisotopic (exact) mass is 250 g/mol. The molecule has 1 aromatic rings. The molecule has 1 saturated heterocycles. The summed E-state index contributed by atoms with van der Waals surface area (Å²) in [6, 6.07) is 7.94. The number of hydrogen-bond acceptors (Lipinski definition) is 3. The zero-order valence-electron chi connectivity index (χ0n) is 11.2. The maximum Gasteiger partial charge on any atom is 0.183 e. The SMILES string of the molecule is CCCC1COC(c2ccc(OCC)cc2)OC1. The van der Waals surface area contributed by atoms with Gasteiger partial charge in [0.2, 0.25) is 0 Å². The van der Waals surface area contributed by atoms with Crippen LogP contribution in [0.2, 0.25) is 0 Å². The lowest BCUT2D eigenvalue weighted by atomic mass is 10.1. The van der Waals surface area contributed by atoms with Crippen molar-refractivity contribution in [3.8, 4) is 5.75 Å². The molecule has 0 unspecified atom stereocenters. The molecule has 0 amide bonds. The van der Waals surface area contributed by atoms with Crippen molar-refractivity contribution in [1.82, 2.24) is 0 Å². The highest BCUT2D eigenvalue weighted by molar-refractivity contribution is 5.28. The minimum absolute atomic E-state index is 0.214. The third-order valence-corrected chi connectivity index (χ3v) is 3.13. The van der Waals surface area contributed by atoms with Crippen molar-refractivity contribution < 1.29 is 14.2 Å². The molecule has 1 aromatic carbocycles. The molecule has 0 radical (unpaired) electrons. The first-order valence-electron chi connectivity index (χ1n) is 6.79. The van der Waals surface area contributed by atoms with Crippen molar-refractivity contribution in [3.63, 3.8) is 0 Å². The van der Waals surface area contributed by atoms with Gasteiger partial charge in [-0.2, -0.15) is 0 Å². The van der Waals surface area contributed by atoms with Gasteiger partial charge in [0.25, 0.3) is 0 Å². The predicted molar refractivity (Wildman–Crippen MR) is 70.7 cm³/mol. The molecule has 0 bridgehead atoms. The molecule has 0 atom stereocenters. The van der Waals surface area contributed by atoms with Gasteiger partial charge in [0.05, 0.1) is 19.8 Å². The lowest BCUT2D eigenvalue weighted by molar-refractivity contribution is -0.206. The van der Waals surface area contributed by atoms with Gasteiger partial charge in [0.1, 0.15) is 5.75 Å². The molecule has 1 aliphatic heterocycles. The number of rotatable bonds is 5. The third kappa shape index (κ3) is 3.47. The van der Waals surface area contributed by atoms with Crippen molar-refractivity contribution in [2.75, 3.05) is 19.8 Å². The highest BCUT2D eigenvalue weighted by Gasteiger charge is 2.22. The Morgan fingerprint density at radius 1 is 1.11 bits per heavy atom. The highest BCUT2D eigenvalue weighted by Crippen LogP contribution is 2.27. The predicted octanol–water partition coefficient (Wildman–Crippen LogP) is 3.55. The average Bonchev–Trinajstić information content (AvgIpc) is 2.41. The maximum absolute atomic E-state index is 5.77. The Balaban J connectivity index is 1.89. The summed E-state index contributed by atoms with van der Waals surface area (Å²) in [4.78, 5) is 0. The van der Waals surface area contributed by atoms with Gasteiger partial charge < -0.3 is 14.2 Å². The van der Waals surface area contributed by atoms with E-state index < -0.39 is 0 Å². The van der Waals surface area contributed by atoms with Gasteiger partial charge >= 0.3 is 0 Å². The minimum Gasteiger partial charge on any atom is -0.494 e. The minimum atomic E-state index is -0.214. The van der Waals surface area contributed by atoms with E-state index in [2.05, 4.69) is 6.92 Å². The molecule has 3 heteroatoms. The average molecular weight is 250 g/mol. The van der Waals surface area contributed by atoms with E-state index in [0.29, 0.717) is 12.5 Å². The van der Waals surface area contributed by atoms with Crippen LogP contribution in [0.1, 0.15) is 38.5 Å². The zero-order chi connectivity index (χ0) is 12.8. The molecular weight excluding hydrogens is 228 g/mol. The molecule has 1 aliphatic rings. The third-order valence-electron chi connectivity index (χ3n) is 3.13. The van der Waals surface area contributed by atoms with Crippen molar-refractivity contribution >= 4 is 0 Å². The zero-order valence-corrected chi connectivity index (χ0v) is 11.2. The van der Waals surface area contributed by atoms with Crippen molar-refractivity contribution in [1.29, 1.82) is 0 Å². The van der Waals surface area contributed by atoms with E-state index in [0.717, 1.165) is 24.5 Å². The van der Waals surface area contributed by atoms with Gasteiger partial charge in [-0.15, -0.1) is 0 Å². The van der Waals surface area contributed by atoms with Crippen LogP contribution >= 0.6 is 0 Å². The number of benzene rings is 1. The number of hydrogen-bond donors (Lipinski definition) is 0.